The number of rotatable bonds is 7. The number of hydrogen-bond donors (Lipinski definition) is 0. The van der Waals surface area contributed by atoms with Gasteiger partial charge in [0.05, 0.1) is 0 Å². The molecule has 0 aromatic heterocycles. The van der Waals surface area contributed by atoms with Gasteiger partial charge in [-0.25, -0.2) is 0 Å². The van der Waals surface area contributed by atoms with Crippen molar-refractivity contribution in [1.29, 1.82) is 10.5 Å². The monoisotopic (exact) mass is 606 g/mol. The van der Waals surface area contributed by atoms with Gasteiger partial charge in [-0.1, -0.05) is 107 Å². The number of benzene rings is 4. The van der Waals surface area contributed by atoms with Crippen LogP contribution in [-0.2, 0) is 10.8 Å². The summed E-state index contributed by atoms with van der Waals surface area (Å²) >= 11 is 0. The average molecular weight is 607 g/mol. The third-order valence-electron chi connectivity index (χ3n) is 12.2. The minimum Gasteiger partial charge on any atom is -0.387 e. The van der Waals surface area contributed by atoms with Gasteiger partial charge in [-0.05, 0) is 112 Å². The second-order valence-corrected chi connectivity index (χ2v) is 15.5. The highest BCUT2D eigenvalue weighted by molar-refractivity contribution is 5.73. The van der Waals surface area contributed by atoms with E-state index in [1.165, 1.54) is 30.4 Å². The van der Waals surface area contributed by atoms with Gasteiger partial charge in [0.15, 0.2) is 0 Å². The summed E-state index contributed by atoms with van der Waals surface area (Å²) in [4.78, 5) is 0. The third kappa shape index (κ3) is 4.70. The first-order valence-corrected chi connectivity index (χ1v) is 16.6. The first-order chi connectivity index (χ1) is 22.1. The molecular formula is C42H42N2O2. The highest BCUT2D eigenvalue weighted by atomic mass is 16.5. The normalized spacial score (nSPS) is 27.9. The molecule has 4 saturated carbocycles. The molecule has 8 rings (SSSR count). The van der Waals surface area contributed by atoms with E-state index in [0.717, 1.165) is 47.9 Å². The molecule has 0 aliphatic heterocycles. The molecule has 4 aromatic rings. The van der Waals surface area contributed by atoms with Gasteiger partial charge in [-0.2, -0.15) is 0 Å². The maximum atomic E-state index is 9.50. The van der Waals surface area contributed by atoms with Gasteiger partial charge in [-0.15, -0.1) is 10.5 Å². The van der Waals surface area contributed by atoms with Crippen LogP contribution < -0.4 is 9.47 Å². The molecule has 4 fully saturated rings. The van der Waals surface area contributed by atoms with Crippen LogP contribution in [0.5, 0.6) is 11.5 Å². The van der Waals surface area contributed by atoms with E-state index in [4.69, 9.17) is 9.47 Å². The van der Waals surface area contributed by atoms with Gasteiger partial charge in [-0.3, -0.25) is 0 Å². The van der Waals surface area contributed by atoms with Crippen LogP contribution in [0.2, 0.25) is 0 Å². The summed E-state index contributed by atoms with van der Waals surface area (Å²) in [5, 5.41) is 19.0. The number of nitrogens with zero attached hydrogens (tertiary/aromatic N) is 2. The molecule has 232 valence electrons. The summed E-state index contributed by atoms with van der Waals surface area (Å²) in [5.74, 6) is 1.21. The van der Waals surface area contributed by atoms with E-state index in [9.17, 15) is 10.5 Å². The van der Waals surface area contributed by atoms with E-state index >= 15 is 0 Å². The Bertz CT molecular complexity index is 1740. The number of hydrogen-bond acceptors (Lipinski definition) is 4. The van der Waals surface area contributed by atoms with Crippen LogP contribution in [0.4, 0.5) is 0 Å². The topological polar surface area (TPSA) is 66.0 Å². The molecule has 0 spiro atoms. The van der Waals surface area contributed by atoms with Crippen molar-refractivity contribution < 1.29 is 9.47 Å². The number of nitriles is 2. The Kier molecular flexibility index (Phi) is 7.06. The molecule has 0 heterocycles. The second-order valence-electron chi connectivity index (χ2n) is 15.5. The van der Waals surface area contributed by atoms with Crippen molar-refractivity contribution in [3.05, 3.63) is 108 Å². The van der Waals surface area contributed by atoms with Crippen molar-refractivity contribution >= 4 is 0 Å². The summed E-state index contributed by atoms with van der Waals surface area (Å²) in [6.45, 7) is 9.79. The van der Waals surface area contributed by atoms with E-state index in [0.29, 0.717) is 11.5 Å². The summed E-state index contributed by atoms with van der Waals surface area (Å²) in [5.41, 5.74) is 7.22. The van der Waals surface area contributed by atoms with E-state index in [-0.39, 0.29) is 27.1 Å². The maximum absolute atomic E-state index is 9.50. The van der Waals surface area contributed by atoms with Gasteiger partial charge in [0.25, 0.3) is 12.5 Å². The lowest BCUT2D eigenvalue weighted by Crippen LogP contribution is -2.66. The zero-order valence-electron chi connectivity index (χ0n) is 27.4. The second kappa shape index (κ2) is 10.8. The predicted molar refractivity (Wildman–Crippen MR) is 182 cm³/mol. The van der Waals surface area contributed by atoms with E-state index < -0.39 is 0 Å². The molecule has 4 aromatic carbocycles. The molecule has 4 aliphatic rings. The fourth-order valence-electron chi connectivity index (χ4n) is 10.3. The molecule has 2 unspecified atom stereocenters. The predicted octanol–water partition coefficient (Wildman–Crippen LogP) is 10.7. The van der Waals surface area contributed by atoms with E-state index in [2.05, 4.69) is 76.2 Å². The Morgan fingerprint density at radius 3 is 1.46 bits per heavy atom. The molecule has 4 aliphatic carbocycles. The minimum absolute atomic E-state index is 0.0263. The third-order valence-corrected chi connectivity index (χ3v) is 12.2. The standard InChI is InChI=1S/C42H42N2O2/c1-5-39-22-40(32-16-18-36(45-28-43)34(20-32)30-12-8-6-9-13-30)25-41(23-39,27-42(24-39,26-40)38(2,3)4)33-17-19-37(46-29-44)35(21-33)31-14-10-7-11-15-31/h6-21H,5,22-27H2,1-4H3. The number of ether oxygens (including phenoxy) is 2. The molecule has 2 atom stereocenters. The van der Waals surface area contributed by atoms with Crippen molar-refractivity contribution in [2.24, 2.45) is 16.2 Å². The first kappa shape index (κ1) is 30.1. The Hall–Kier alpha value is -4.54. The van der Waals surface area contributed by atoms with Gasteiger partial charge < -0.3 is 9.47 Å². The molecule has 0 N–H and O–H groups in total. The highest BCUT2D eigenvalue weighted by Gasteiger charge is 2.70. The van der Waals surface area contributed by atoms with Gasteiger partial charge in [0.2, 0.25) is 0 Å². The molecule has 4 bridgehead atoms. The smallest absolute Gasteiger partial charge is 0.292 e. The SMILES string of the molecule is CCC12CC3(c4ccc(OC#N)c(-c5ccccc5)c4)CC(c4ccc(OC#N)c(-c5ccccc5)c4)(C1)CC(C(C)(C)C)(C2)C3. The van der Waals surface area contributed by atoms with Crippen LogP contribution in [0.3, 0.4) is 0 Å². The van der Waals surface area contributed by atoms with Crippen molar-refractivity contribution in [1.82, 2.24) is 0 Å². The minimum atomic E-state index is -0.0263. The summed E-state index contributed by atoms with van der Waals surface area (Å²) in [6.07, 6.45) is 12.0. The van der Waals surface area contributed by atoms with Crippen molar-refractivity contribution in [2.45, 2.75) is 83.5 Å². The summed E-state index contributed by atoms with van der Waals surface area (Å²) < 4.78 is 11.1. The van der Waals surface area contributed by atoms with Crippen LogP contribution in [0.15, 0.2) is 97.1 Å². The van der Waals surface area contributed by atoms with Crippen LogP contribution >= 0.6 is 0 Å². The van der Waals surface area contributed by atoms with Crippen LogP contribution in [0.25, 0.3) is 22.3 Å². The lowest BCUT2D eigenvalue weighted by atomic mass is 9.30. The molecule has 46 heavy (non-hydrogen) atoms. The zero-order chi connectivity index (χ0) is 32.2. The van der Waals surface area contributed by atoms with Gasteiger partial charge in [0, 0.05) is 11.1 Å². The maximum Gasteiger partial charge on any atom is 0.292 e. The largest absolute Gasteiger partial charge is 0.387 e. The molecule has 0 saturated heterocycles. The van der Waals surface area contributed by atoms with Gasteiger partial charge >= 0.3 is 0 Å². The average Bonchev–Trinajstić information content (AvgIpc) is 3.05. The van der Waals surface area contributed by atoms with Crippen LogP contribution in [0.1, 0.15) is 83.8 Å². The Morgan fingerprint density at radius 2 is 1.07 bits per heavy atom. The Labute approximate surface area is 273 Å². The van der Waals surface area contributed by atoms with Crippen molar-refractivity contribution in [3.8, 4) is 46.3 Å². The quantitative estimate of drug-likeness (QED) is 0.196. The van der Waals surface area contributed by atoms with E-state index in [1.54, 1.807) is 0 Å². The lowest BCUT2D eigenvalue weighted by Gasteiger charge is -2.74. The van der Waals surface area contributed by atoms with Crippen molar-refractivity contribution in [2.75, 3.05) is 0 Å². The van der Waals surface area contributed by atoms with E-state index in [1.807, 2.05) is 61.0 Å². The summed E-state index contributed by atoms with van der Waals surface area (Å²) in [6, 6.07) is 33.8. The van der Waals surface area contributed by atoms with Gasteiger partial charge in [0.1, 0.15) is 11.5 Å². The molecule has 4 heteroatoms. The Morgan fingerprint density at radius 1 is 0.609 bits per heavy atom. The first-order valence-electron chi connectivity index (χ1n) is 16.6. The fourth-order valence-corrected chi connectivity index (χ4v) is 10.3. The highest BCUT2D eigenvalue weighted by Crippen LogP contribution is 2.78. The Balaban J connectivity index is 1.45. The molecule has 0 amide bonds. The zero-order valence-corrected chi connectivity index (χ0v) is 27.4. The lowest BCUT2D eigenvalue weighted by molar-refractivity contribution is -0.183. The van der Waals surface area contributed by atoms with Crippen LogP contribution in [-0.4, -0.2) is 0 Å². The molecule has 0 radical (unpaired) electrons. The molecule has 4 nitrogen and oxygen atoms in total. The molecular weight excluding hydrogens is 564 g/mol. The fraction of sp³-hybridized carbons (Fsp3) is 0.381. The van der Waals surface area contributed by atoms with Crippen LogP contribution in [0, 0.1) is 39.3 Å². The summed E-state index contributed by atoms with van der Waals surface area (Å²) in [7, 11) is 0. The van der Waals surface area contributed by atoms with Crippen molar-refractivity contribution in [3.63, 3.8) is 0 Å².